The summed E-state index contributed by atoms with van der Waals surface area (Å²) >= 11 is 0. The Balaban J connectivity index is 3.03. The fourth-order valence-electron chi connectivity index (χ4n) is 1.78. The van der Waals surface area contributed by atoms with E-state index in [4.69, 9.17) is 5.26 Å². The van der Waals surface area contributed by atoms with E-state index in [1.807, 2.05) is 26.8 Å². The standard InChI is InChI=1S/C16H22FN3O2/c1-5-14(22)20-15-11(8-18)6-10(7-12(15)17)13(21)9-19-16(2,3)4/h6-7,13,19,21H,5,9H2,1-4H3,(H,20,22). The third-order valence-electron chi connectivity index (χ3n) is 3.03. The number of nitrogens with one attached hydrogen (secondary N) is 2. The molecule has 1 amide bonds. The van der Waals surface area contributed by atoms with E-state index in [0.29, 0.717) is 5.56 Å². The number of anilines is 1. The van der Waals surface area contributed by atoms with Crippen molar-refractivity contribution < 1.29 is 14.3 Å². The molecule has 0 saturated carbocycles. The number of benzene rings is 1. The average molecular weight is 307 g/mol. The number of β-amino-alcohol motifs (C(OH)–C–C–N with tert-alkyl or cyclic N) is 1. The smallest absolute Gasteiger partial charge is 0.224 e. The van der Waals surface area contributed by atoms with Crippen molar-refractivity contribution in [3.63, 3.8) is 0 Å². The lowest BCUT2D eigenvalue weighted by molar-refractivity contribution is -0.115. The fraction of sp³-hybridized carbons (Fsp3) is 0.500. The first kappa shape index (κ1) is 18.1. The highest BCUT2D eigenvalue weighted by atomic mass is 19.1. The number of hydrogen-bond donors (Lipinski definition) is 3. The van der Waals surface area contributed by atoms with Gasteiger partial charge in [-0.1, -0.05) is 6.92 Å². The highest BCUT2D eigenvalue weighted by Crippen LogP contribution is 2.25. The Morgan fingerprint density at radius 1 is 1.45 bits per heavy atom. The summed E-state index contributed by atoms with van der Waals surface area (Å²) in [5, 5.41) is 24.7. The molecule has 5 nitrogen and oxygen atoms in total. The van der Waals surface area contributed by atoms with E-state index >= 15 is 0 Å². The van der Waals surface area contributed by atoms with Gasteiger partial charge >= 0.3 is 0 Å². The Morgan fingerprint density at radius 3 is 2.59 bits per heavy atom. The van der Waals surface area contributed by atoms with Gasteiger partial charge in [0, 0.05) is 18.5 Å². The molecule has 120 valence electrons. The summed E-state index contributed by atoms with van der Waals surface area (Å²) < 4.78 is 14.1. The van der Waals surface area contributed by atoms with Gasteiger partial charge in [-0.15, -0.1) is 0 Å². The van der Waals surface area contributed by atoms with Crippen molar-refractivity contribution in [2.24, 2.45) is 0 Å². The van der Waals surface area contributed by atoms with Crippen LogP contribution in [0.5, 0.6) is 0 Å². The maximum atomic E-state index is 14.1. The molecule has 0 saturated heterocycles. The van der Waals surface area contributed by atoms with Gasteiger partial charge in [0.15, 0.2) is 0 Å². The van der Waals surface area contributed by atoms with Crippen LogP contribution < -0.4 is 10.6 Å². The van der Waals surface area contributed by atoms with E-state index in [1.54, 1.807) is 6.92 Å². The third-order valence-corrected chi connectivity index (χ3v) is 3.03. The monoisotopic (exact) mass is 307 g/mol. The first-order valence-corrected chi connectivity index (χ1v) is 7.14. The number of halogens is 1. The van der Waals surface area contributed by atoms with Crippen LogP contribution in [0.3, 0.4) is 0 Å². The molecule has 0 aliphatic carbocycles. The summed E-state index contributed by atoms with van der Waals surface area (Å²) in [6.45, 7) is 7.71. The van der Waals surface area contributed by atoms with Crippen LogP contribution in [0.15, 0.2) is 12.1 Å². The molecule has 0 spiro atoms. The van der Waals surface area contributed by atoms with Gasteiger partial charge in [-0.2, -0.15) is 5.26 Å². The van der Waals surface area contributed by atoms with E-state index in [2.05, 4.69) is 10.6 Å². The number of carbonyl (C=O) groups excluding carboxylic acids is 1. The highest BCUT2D eigenvalue weighted by Gasteiger charge is 2.18. The second-order valence-electron chi connectivity index (χ2n) is 6.09. The lowest BCUT2D eigenvalue weighted by atomic mass is 10.0. The van der Waals surface area contributed by atoms with E-state index in [1.165, 1.54) is 6.07 Å². The van der Waals surface area contributed by atoms with Crippen molar-refractivity contribution >= 4 is 11.6 Å². The number of nitrogens with zero attached hydrogens (tertiary/aromatic N) is 1. The van der Waals surface area contributed by atoms with Crippen LogP contribution >= 0.6 is 0 Å². The second kappa shape index (κ2) is 7.34. The number of rotatable bonds is 5. The molecular weight excluding hydrogens is 285 g/mol. The molecule has 0 aliphatic rings. The highest BCUT2D eigenvalue weighted by molar-refractivity contribution is 5.92. The first-order valence-electron chi connectivity index (χ1n) is 7.14. The van der Waals surface area contributed by atoms with Crippen molar-refractivity contribution in [2.45, 2.75) is 45.8 Å². The molecule has 6 heteroatoms. The SMILES string of the molecule is CCC(=O)Nc1c(F)cc(C(O)CNC(C)(C)C)cc1C#N. The molecule has 0 aliphatic heterocycles. The zero-order chi connectivity index (χ0) is 16.9. The van der Waals surface area contributed by atoms with Crippen LogP contribution in [-0.4, -0.2) is 23.1 Å². The minimum atomic E-state index is -0.947. The molecule has 0 fully saturated rings. The van der Waals surface area contributed by atoms with Gasteiger partial charge < -0.3 is 15.7 Å². The predicted octanol–water partition coefficient (Wildman–Crippen LogP) is 2.47. The zero-order valence-electron chi connectivity index (χ0n) is 13.3. The van der Waals surface area contributed by atoms with E-state index < -0.39 is 11.9 Å². The molecule has 1 unspecified atom stereocenters. The Bertz CT molecular complexity index is 588. The van der Waals surface area contributed by atoms with Gasteiger partial charge in [0.05, 0.1) is 17.4 Å². The van der Waals surface area contributed by atoms with Crippen LogP contribution in [-0.2, 0) is 4.79 Å². The van der Waals surface area contributed by atoms with Crippen molar-refractivity contribution in [3.8, 4) is 6.07 Å². The summed E-state index contributed by atoms with van der Waals surface area (Å²) in [5.41, 5.74) is -0.0481. The van der Waals surface area contributed by atoms with Crippen LogP contribution in [0.4, 0.5) is 10.1 Å². The zero-order valence-corrected chi connectivity index (χ0v) is 13.3. The Kier molecular flexibility index (Phi) is 6.03. The van der Waals surface area contributed by atoms with Gasteiger partial charge in [0.1, 0.15) is 11.9 Å². The minimum Gasteiger partial charge on any atom is -0.387 e. The first-order chi connectivity index (χ1) is 10.2. The normalized spacial score (nSPS) is 12.6. The largest absolute Gasteiger partial charge is 0.387 e. The summed E-state index contributed by atoms with van der Waals surface area (Å²) in [6, 6.07) is 4.38. The number of aliphatic hydroxyl groups excluding tert-OH is 1. The number of amides is 1. The van der Waals surface area contributed by atoms with Crippen LogP contribution in [0.25, 0.3) is 0 Å². The van der Waals surface area contributed by atoms with Crippen LogP contribution in [0.2, 0.25) is 0 Å². The second-order valence-corrected chi connectivity index (χ2v) is 6.09. The molecule has 22 heavy (non-hydrogen) atoms. The maximum absolute atomic E-state index is 14.1. The average Bonchev–Trinajstić information content (AvgIpc) is 2.45. The van der Waals surface area contributed by atoms with Gasteiger partial charge in [0.25, 0.3) is 0 Å². The van der Waals surface area contributed by atoms with E-state index in [9.17, 15) is 14.3 Å². The fourth-order valence-corrected chi connectivity index (χ4v) is 1.78. The molecule has 3 N–H and O–H groups in total. The van der Waals surface area contributed by atoms with Gasteiger partial charge in [-0.05, 0) is 38.5 Å². The minimum absolute atomic E-state index is 0.00777. The number of hydrogen-bond acceptors (Lipinski definition) is 4. The van der Waals surface area contributed by atoms with E-state index in [0.717, 1.165) is 6.07 Å². The molecule has 1 rings (SSSR count). The lowest BCUT2D eigenvalue weighted by Crippen LogP contribution is -2.38. The predicted molar refractivity (Wildman–Crippen MR) is 82.8 cm³/mol. The molecular formula is C16H22FN3O2. The summed E-state index contributed by atoms with van der Waals surface area (Å²) in [5.74, 6) is -1.11. The summed E-state index contributed by atoms with van der Waals surface area (Å²) in [4.78, 5) is 11.4. The van der Waals surface area contributed by atoms with Gasteiger partial charge in [-0.3, -0.25) is 4.79 Å². The molecule has 0 aromatic heterocycles. The number of carbonyl (C=O) groups is 1. The van der Waals surface area contributed by atoms with E-state index in [-0.39, 0.29) is 35.7 Å². The molecule has 0 bridgehead atoms. The van der Waals surface area contributed by atoms with Crippen LogP contribution in [0, 0.1) is 17.1 Å². The summed E-state index contributed by atoms with van der Waals surface area (Å²) in [7, 11) is 0. The molecule has 1 aromatic rings. The van der Waals surface area contributed by atoms with Crippen molar-refractivity contribution in [2.75, 3.05) is 11.9 Å². The maximum Gasteiger partial charge on any atom is 0.224 e. The molecule has 0 radical (unpaired) electrons. The van der Waals surface area contributed by atoms with Crippen molar-refractivity contribution in [1.29, 1.82) is 5.26 Å². The Labute approximate surface area is 130 Å². The Hall–Kier alpha value is -1.97. The number of nitriles is 1. The topological polar surface area (TPSA) is 85.2 Å². The molecule has 0 heterocycles. The van der Waals surface area contributed by atoms with Gasteiger partial charge in [0.2, 0.25) is 5.91 Å². The van der Waals surface area contributed by atoms with Gasteiger partial charge in [-0.25, -0.2) is 4.39 Å². The Morgan fingerprint density at radius 2 is 2.09 bits per heavy atom. The molecule has 1 atom stereocenters. The van der Waals surface area contributed by atoms with Crippen LogP contribution in [0.1, 0.15) is 51.3 Å². The van der Waals surface area contributed by atoms with Crippen molar-refractivity contribution in [1.82, 2.24) is 5.32 Å². The third kappa shape index (κ3) is 5.10. The quantitative estimate of drug-likeness (QED) is 0.780. The lowest BCUT2D eigenvalue weighted by Gasteiger charge is -2.23. The van der Waals surface area contributed by atoms with Crippen molar-refractivity contribution in [3.05, 3.63) is 29.1 Å². The molecule has 1 aromatic carbocycles. The summed E-state index contributed by atoms with van der Waals surface area (Å²) in [6.07, 6.45) is -0.763. The number of aliphatic hydroxyl groups is 1.